The molecule has 0 aliphatic heterocycles. The van der Waals surface area contributed by atoms with E-state index in [0.29, 0.717) is 17.7 Å². The fourth-order valence-electron chi connectivity index (χ4n) is 1.57. The summed E-state index contributed by atoms with van der Waals surface area (Å²) in [7, 11) is 1.64. The van der Waals surface area contributed by atoms with Crippen LogP contribution in [0.25, 0.3) is 0 Å². The van der Waals surface area contributed by atoms with E-state index < -0.39 is 5.82 Å². The Morgan fingerprint density at radius 3 is 2.94 bits per heavy atom. The van der Waals surface area contributed by atoms with E-state index in [1.165, 1.54) is 29.4 Å². The number of aromatic nitrogens is 2. The van der Waals surface area contributed by atoms with E-state index >= 15 is 0 Å². The minimum Gasteiger partial charge on any atom is -0.337 e. The Labute approximate surface area is 108 Å². The summed E-state index contributed by atoms with van der Waals surface area (Å²) >= 11 is 5.59. The first-order chi connectivity index (χ1) is 8.58. The van der Waals surface area contributed by atoms with Crippen molar-refractivity contribution in [1.29, 1.82) is 0 Å². The van der Waals surface area contributed by atoms with E-state index in [9.17, 15) is 9.18 Å². The van der Waals surface area contributed by atoms with Gasteiger partial charge in [0, 0.05) is 19.8 Å². The van der Waals surface area contributed by atoms with Crippen LogP contribution >= 0.6 is 11.6 Å². The second-order valence-electron chi connectivity index (χ2n) is 3.90. The number of nitrogens with zero attached hydrogens (tertiary/aromatic N) is 2. The highest BCUT2D eigenvalue weighted by Gasteiger charge is 2.13. The van der Waals surface area contributed by atoms with E-state index in [-0.39, 0.29) is 10.9 Å². The average molecular weight is 268 g/mol. The van der Waals surface area contributed by atoms with Gasteiger partial charge in [0.15, 0.2) is 0 Å². The lowest BCUT2D eigenvalue weighted by Crippen LogP contribution is -2.25. The molecule has 1 aromatic heterocycles. The maximum absolute atomic E-state index is 13.3. The Morgan fingerprint density at radius 1 is 1.56 bits per heavy atom. The van der Waals surface area contributed by atoms with Crippen LogP contribution in [0.4, 0.5) is 4.39 Å². The number of benzene rings is 1. The van der Waals surface area contributed by atoms with Crippen LogP contribution in [-0.4, -0.2) is 28.1 Å². The van der Waals surface area contributed by atoms with Gasteiger partial charge < -0.3 is 4.90 Å². The van der Waals surface area contributed by atoms with Gasteiger partial charge >= 0.3 is 0 Å². The molecule has 0 saturated heterocycles. The van der Waals surface area contributed by atoms with Crippen LogP contribution < -0.4 is 0 Å². The largest absolute Gasteiger partial charge is 0.337 e. The lowest BCUT2D eigenvalue weighted by atomic mass is 10.2. The summed E-state index contributed by atoms with van der Waals surface area (Å²) in [6.45, 7) is 0.304. The Morgan fingerprint density at radius 2 is 2.33 bits per heavy atom. The molecule has 1 N–H and O–H groups in total. The topological polar surface area (TPSA) is 49.0 Å². The zero-order chi connectivity index (χ0) is 13.1. The molecule has 0 fully saturated rings. The van der Waals surface area contributed by atoms with E-state index in [1.807, 2.05) is 0 Å². The predicted octanol–water partition coefficient (Wildman–Crippen LogP) is 2.47. The summed E-state index contributed by atoms with van der Waals surface area (Å²) in [6.07, 6.45) is 2.96. The molecule has 1 heterocycles. The molecular weight excluding hydrogens is 257 g/mol. The standard InChI is InChI=1S/C12H11ClFN3O/c1-17(12(18)9-5-15-16-6-9)7-8-2-3-10(13)11(14)4-8/h2-6H,7H2,1H3,(H,15,16). The lowest BCUT2D eigenvalue weighted by Gasteiger charge is -2.16. The highest BCUT2D eigenvalue weighted by Crippen LogP contribution is 2.16. The minimum absolute atomic E-state index is 0.0718. The van der Waals surface area contributed by atoms with Gasteiger partial charge in [0.05, 0.1) is 16.8 Å². The summed E-state index contributed by atoms with van der Waals surface area (Å²) in [5, 5.41) is 6.35. The molecule has 1 aromatic carbocycles. The van der Waals surface area contributed by atoms with Crippen LogP contribution in [0.2, 0.25) is 5.02 Å². The van der Waals surface area contributed by atoms with Crippen LogP contribution in [-0.2, 0) is 6.54 Å². The maximum atomic E-state index is 13.3. The zero-order valence-electron chi connectivity index (χ0n) is 9.65. The van der Waals surface area contributed by atoms with E-state index in [2.05, 4.69) is 10.2 Å². The van der Waals surface area contributed by atoms with Crippen LogP contribution in [0, 0.1) is 5.82 Å². The fraction of sp³-hybridized carbons (Fsp3) is 0.167. The normalized spacial score (nSPS) is 10.4. The smallest absolute Gasteiger partial charge is 0.257 e. The number of hydrogen-bond donors (Lipinski definition) is 1. The maximum Gasteiger partial charge on any atom is 0.257 e. The first-order valence-electron chi connectivity index (χ1n) is 5.26. The Kier molecular flexibility index (Phi) is 3.62. The number of rotatable bonds is 3. The molecule has 2 rings (SSSR count). The first-order valence-corrected chi connectivity index (χ1v) is 5.64. The molecule has 6 heteroatoms. The van der Waals surface area contributed by atoms with Crippen molar-refractivity contribution in [3.8, 4) is 0 Å². The molecule has 18 heavy (non-hydrogen) atoms. The van der Waals surface area contributed by atoms with Crippen molar-refractivity contribution >= 4 is 17.5 Å². The number of halogens is 2. The van der Waals surface area contributed by atoms with Crippen LogP contribution in [0.15, 0.2) is 30.6 Å². The van der Waals surface area contributed by atoms with Gasteiger partial charge in [-0.05, 0) is 17.7 Å². The van der Waals surface area contributed by atoms with Crippen molar-refractivity contribution in [2.24, 2.45) is 0 Å². The Bertz CT molecular complexity index is 556. The second kappa shape index (κ2) is 5.18. The fourth-order valence-corrected chi connectivity index (χ4v) is 1.69. The van der Waals surface area contributed by atoms with Crippen molar-refractivity contribution in [3.63, 3.8) is 0 Å². The number of carbonyl (C=O) groups excluding carboxylic acids is 1. The minimum atomic E-state index is -0.488. The van der Waals surface area contributed by atoms with Gasteiger partial charge in [-0.3, -0.25) is 9.89 Å². The van der Waals surface area contributed by atoms with Gasteiger partial charge in [-0.15, -0.1) is 0 Å². The van der Waals surface area contributed by atoms with Gasteiger partial charge in [-0.2, -0.15) is 5.10 Å². The molecule has 2 aromatic rings. The lowest BCUT2D eigenvalue weighted by molar-refractivity contribution is 0.0785. The SMILES string of the molecule is CN(Cc1ccc(Cl)c(F)c1)C(=O)c1cn[nH]c1. The highest BCUT2D eigenvalue weighted by molar-refractivity contribution is 6.30. The third-order valence-corrected chi connectivity index (χ3v) is 2.80. The van der Waals surface area contributed by atoms with Gasteiger partial charge in [0.2, 0.25) is 0 Å². The van der Waals surface area contributed by atoms with Gasteiger partial charge in [0.25, 0.3) is 5.91 Å². The highest BCUT2D eigenvalue weighted by atomic mass is 35.5. The number of H-pyrrole nitrogens is 1. The molecule has 0 saturated carbocycles. The summed E-state index contributed by atoms with van der Waals surface area (Å²) in [4.78, 5) is 13.4. The second-order valence-corrected chi connectivity index (χ2v) is 4.30. The molecule has 0 bridgehead atoms. The molecule has 0 aliphatic carbocycles. The van der Waals surface area contributed by atoms with Crippen molar-refractivity contribution in [1.82, 2.24) is 15.1 Å². The van der Waals surface area contributed by atoms with E-state index in [4.69, 9.17) is 11.6 Å². The van der Waals surface area contributed by atoms with Gasteiger partial charge in [0.1, 0.15) is 5.82 Å². The van der Waals surface area contributed by atoms with Crippen molar-refractivity contribution < 1.29 is 9.18 Å². The number of amides is 1. The quantitative estimate of drug-likeness (QED) is 0.929. The number of hydrogen-bond acceptors (Lipinski definition) is 2. The summed E-state index contributed by atoms with van der Waals surface area (Å²) in [5.74, 6) is -0.669. The van der Waals surface area contributed by atoms with E-state index in [1.54, 1.807) is 13.1 Å². The van der Waals surface area contributed by atoms with Crippen molar-refractivity contribution in [2.75, 3.05) is 7.05 Å². The van der Waals surface area contributed by atoms with Crippen molar-refractivity contribution in [3.05, 3.63) is 52.6 Å². The van der Waals surface area contributed by atoms with Crippen LogP contribution in [0.3, 0.4) is 0 Å². The molecule has 0 unspecified atom stereocenters. The summed E-state index contributed by atoms with van der Waals surface area (Å²) < 4.78 is 13.3. The van der Waals surface area contributed by atoms with Gasteiger partial charge in [-0.25, -0.2) is 4.39 Å². The Hall–Kier alpha value is -1.88. The molecule has 94 valence electrons. The molecule has 0 radical (unpaired) electrons. The Balaban J connectivity index is 2.09. The van der Waals surface area contributed by atoms with Crippen LogP contribution in [0.1, 0.15) is 15.9 Å². The number of carbonyl (C=O) groups is 1. The number of nitrogens with one attached hydrogen (secondary N) is 1. The van der Waals surface area contributed by atoms with Gasteiger partial charge in [-0.1, -0.05) is 17.7 Å². The third-order valence-electron chi connectivity index (χ3n) is 2.50. The van der Waals surface area contributed by atoms with Crippen molar-refractivity contribution in [2.45, 2.75) is 6.54 Å². The molecule has 4 nitrogen and oxygen atoms in total. The molecule has 0 spiro atoms. The number of aromatic amines is 1. The summed E-state index contributed by atoms with van der Waals surface area (Å²) in [6, 6.07) is 4.48. The van der Waals surface area contributed by atoms with E-state index in [0.717, 1.165) is 0 Å². The van der Waals surface area contributed by atoms with Crippen LogP contribution in [0.5, 0.6) is 0 Å². The molecule has 0 atom stereocenters. The molecule has 1 amide bonds. The molecule has 0 aliphatic rings. The average Bonchev–Trinajstić information content (AvgIpc) is 2.86. The zero-order valence-corrected chi connectivity index (χ0v) is 10.4. The predicted molar refractivity (Wildman–Crippen MR) is 65.8 cm³/mol. The molecular formula is C12H11ClFN3O. The first kappa shape index (κ1) is 12.6. The third kappa shape index (κ3) is 2.68. The summed E-state index contributed by atoms with van der Waals surface area (Å²) in [5.41, 5.74) is 1.14. The monoisotopic (exact) mass is 267 g/mol.